The molecule has 2 N–H and O–H groups in total. The zero-order valence-electron chi connectivity index (χ0n) is 12.9. The van der Waals surface area contributed by atoms with E-state index in [-0.39, 0.29) is 23.1 Å². The molecule has 0 aliphatic carbocycles. The molecule has 5 heteroatoms. The normalized spacial score (nSPS) is 14.1. The summed E-state index contributed by atoms with van der Waals surface area (Å²) in [5, 5.41) is 12.5. The predicted molar refractivity (Wildman–Crippen MR) is 88.8 cm³/mol. The molecule has 1 heterocycles. The Bertz CT molecular complexity index is 771. The molecular formula is C18H18N2O3. The Morgan fingerprint density at radius 2 is 2.00 bits per heavy atom. The molecule has 2 aromatic rings. The number of anilines is 2. The van der Waals surface area contributed by atoms with E-state index >= 15 is 0 Å². The van der Waals surface area contributed by atoms with Crippen molar-refractivity contribution in [3.05, 3.63) is 53.6 Å². The molecule has 5 nitrogen and oxygen atoms in total. The number of benzene rings is 2. The van der Waals surface area contributed by atoms with Crippen LogP contribution in [0, 0.1) is 6.92 Å². The Kier molecular flexibility index (Phi) is 4.02. The number of nitrogens with zero attached hydrogens (tertiary/aromatic N) is 1. The van der Waals surface area contributed by atoms with E-state index in [1.807, 2.05) is 19.1 Å². The second-order valence-electron chi connectivity index (χ2n) is 5.62. The topological polar surface area (TPSA) is 69.6 Å². The van der Waals surface area contributed by atoms with Crippen LogP contribution in [-0.4, -0.2) is 23.5 Å². The molecule has 1 saturated heterocycles. The molecule has 0 unspecified atom stereocenters. The zero-order chi connectivity index (χ0) is 16.4. The second-order valence-corrected chi connectivity index (χ2v) is 5.62. The van der Waals surface area contributed by atoms with Crippen LogP contribution in [0.1, 0.15) is 28.8 Å². The smallest absolute Gasteiger partial charge is 0.259 e. The lowest BCUT2D eigenvalue weighted by atomic mass is 10.1. The van der Waals surface area contributed by atoms with Gasteiger partial charge < -0.3 is 15.3 Å². The maximum absolute atomic E-state index is 12.2. The van der Waals surface area contributed by atoms with Crippen molar-refractivity contribution < 1.29 is 14.7 Å². The maximum atomic E-state index is 12.2. The van der Waals surface area contributed by atoms with Gasteiger partial charge in [-0.2, -0.15) is 0 Å². The SMILES string of the molecule is Cc1cc(NC(=O)c2ccccc2O)ccc1N1CCCC1=O. The van der Waals surface area contributed by atoms with Crippen molar-refractivity contribution in [1.82, 2.24) is 0 Å². The fourth-order valence-corrected chi connectivity index (χ4v) is 2.80. The van der Waals surface area contributed by atoms with Crippen LogP contribution >= 0.6 is 0 Å². The van der Waals surface area contributed by atoms with E-state index in [1.54, 1.807) is 29.2 Å². The number of phenols is 1. The minimum atomic E-state index is -0.368. The third kappa shape index (κ3) is 3.04. The first-order valence-electron chi connectivity index (χ1n) is 7.56. The molecule has 2 aromatic carbocycles. The van der Waals surface area contributed by atoms with Crippen molar-refractivity contribution in [2.75, 3.05) is 16.8 Å². The van der Waals surface area contributed by atoms with E-state index in [2.05, 4.69) is 5.32 Å². The minimum absolute atomic E-state index is 0.0546. The molecule has 0 bridgehead atoms. The Morgan fingerprint density at radius 3 is 2.65 bits per heavy atom. The largest absolute Gasteiger partial charge is 0.507 e. The third-order valence-corrected chi connectivity index (χ3v) is 3.97. The van der Waals surface area contributed by atoms with E-state index < -0.39 is 0 Å². The van der Waals surface area contributed by atoms with Gasteiger partial charge in [-0.25, -0.2) is 0 Å². The van der Waals surface area contributed by atoms with Gasteiger partial charge in [0.15, 0.2) is 0 Å². The number of hydrogen-bond donors (Lipinski definition) is 2. The first-order valence-corrected chi connectivity index (χ1v) is 7.56. The lowest BCUT2D eigenvalue weighted by molar-refractivity contribution is -0.117. The number of nitrogens with one attached hydrogen (secondary N) is 1. The van der Waals surface area contributed by atoms with Crippen LogP contribution in [0.5, 0.6) is 5.75 Å². The minimum Gasteiger partial charge on any atom is -0.507 e. The summed E-state index contributed by atoms with van der Waals surface area (Å²) in [6.07, 6.45) is 1.47. The second kappa shape index (κ2) is 6.12. The summed E-state index contributed by atoms with van der Waals surface area (Å²) in [5.74, 6) is -0.285. The van der Waals surface area contributed by atoms with Crippen molar-refractivity contribution >= 4 is 23.2 Å². The molecule has 2 amide bonds. The first-order chi connectivity index (χ1) is 11.1. The van der Waals surface area contributed by atoms with Crippen LogP contribution < -0.4 is 10.2 Å². The van der Waals surface area contributed by atoms with Crippen molar-refractivity contribution in [3.8, 4) is 5.75 Å². The van der Waals surface area contributed by atoms with Crippen LogP contribution in [0.3, 0.4) is 0 Å². The van der Waals surface area contributed by atoms with Gasteiger partial charge in [0.05, 0.1) is 5.56 Å². The number of amides is 2. The molecule has 0 radical (unpaired) electrons. The number of aromatic hydroxyl groups is 1. The Hall–Kier alpha value is -2.82. The lowest BCUT2D eigenvalue weighted by Gasteiger charge is -2.19. The molecule has 3 rings (SSSR count). The average Bonchev–Trinajstić information content (AvgIpc) is 2.94. The number of aryl methyl sites for hydroxylation is 1. The number of carbonyl (C=O) groups is 2. The molecule has 1 aliphatic heterocycles. The molecule has 0 spiro atoms. The van der Waals surface area contributed by atoms with Gasteiger partial charge >= 0.3 is 0 Å². The summed E-state index contributed by atoms with van der Waals surface area (Å²) in [5.41, 5.74) is 2.67. The van der Waals surface area contributed by atoms with E-state index in [0.29, 0.717) is 12.1 Å². The quantitative estimate of drug-likeness (QED) is 0.915. The fraction of sp³-hybridized carbons (Fsp3) is 0.222. The summed E-state index contributed by atoms with van der Waals surface area (Å²) in [7, 11) is 0. The van der Waals surface area contributed by atoms with Gasteiger partial charge in [0.1, 0.15) is 5.75 Å². The fourth-order valence-electron chi connectivity index (χ4n) is 2.80. The van der Waals surface area contributed by atoms with Crippen LogP contribution in [0.4, 0.5) is 11.4 Å². The third-order valence-electron chi connectivity index (χ3n) is 3.97. The summed E-state index contributed by atoms with van der Waals surface area (Å²) in [6.45, 7) is 2.65. The Balaban J connectivity index is 1.79. The molecule has 0 saturated carbocycles. The van der Waals surface area contributed by atoms with Crippen LogP contribution in [-0.2, 0) is 4.79 Å². The number of para-hydroxylation sites is 1. The van der Waals surface area contributed by atoms with E-state index in [0.717, 1.165) is 24.2 Å². The molecule has 118 valence electrons. The van der Waals surface area contributed by atoms with Crippen molar-refractivity contribution in [1.29, 1.82) is 0 Å². The van der Waals surface area contributed by atoms with Crippen LogP contribution in [0.15, 0.2) is 42.5 Å². The number of hydrogen-bond acceptors (Lipinski definition) is 3. The Morgan fingerprint density at radius 1 is 1.22 bits per heavy atom. The first kappa shape index (κ1) is 15.1. The van der Waals surface area contributed by atoms with Crippen LogP contribution in [0.25, 0.3) is 0 Å². The monoisotopic (exact) mass is 310 g/mol. The molecule has 1 aliphatic rings. The number of phenolic OH excluding ortho intramolecular Hbond substituents is 1. The molecule has 0 aromatic heterocycles. The van der Waals surface area contributed by atoms with Crippen molar-refractivity contribution in [2.45, 2.75) is 19.8 Å². The zero-order valence-corrected chi connectivity index (χ0v) is 12.9. The summed E-state index contributed by atoms with van der Waals surface area (Å²) < 4.78 is 0. The molecule has 1 fully saturated rings. The highest BCUT2D eigenvalue weighted by molar-refractivity contribution is 6.06. The predicted octanol–water partition coefficient (Wildman–Crippen LogP) is 3.08. The van der Waals surface area contributed by atoms with Gasteiger partial charge in [0, 0.05) is 24.3 Å². The van der Waals surface area contributed by atoms with Crippen molar-refractivity contribution in [2.24, 2.45) is 0 Å². The van der Waals surface area contributed by atoms with Gasteiger partial charge in [-0.05, 0) is 49.2 Å². The van der Waals surface area contributed by atoms with E-state index in [9.17, 15) is 14.7 Å². The van der Waals surface area contributed by atoms with Gasteiger partial charge in [-0.15, -0.1) is 0 Å². The maximum Gasteiger partial charge on any atom is 0.259 e. The summed E-state index contributed by atoms with van der Waals surface area (Å²) >= 11 is 0. The van der Waals surface area contributed by atoms with Crippen LogP contribution in [0.2, 0.25) is 0 Å². The standard InChI is InChI=1S/C18H18N2O3/c1-12-11-13(8-9-15(12)20-10-4-7-17(20)22)19-18(23)14-5-2-3-6-16(14)21/h2-3,5-6,8-9,11,21H,4,7,10H2,1H3,(H,19,23). The molecule has 0 atom stereocenters. The van der Waals surface area contributed by atoms with Gasteiger partial charge in [-0.1, -0.05) is 12.1 Å². The summed E-state index contributed by atoms with van der Waals surface area (Å²) in [4.78, 5) is 25.8. The summed E-state index contributed by atoms with van der Waals surface area (Å²) in [6, 6.07) is 11.8. The molecular weight excluding hydrogens is 292 g/mol. The van der Waals surface area contributed by atoms with Gasteiger partial charge in [0.25, 0.3) is 5.91 Å². The Labute approximate surface area is 134 Å². The van der Waals surface area contributed by atoms with Crippen molar-refractivity contribution in [3.63, 3.8) is 0 Å². The number of carbonyl (C=O) groups excluding carboxylic acids is 2. The highest BCUT2D eigenvalue weighted by atomic mass is 16.3. The van der Waals surface area contributed by atoms with E-state index in [1.165, 1.54) is 6.07 Å². The molecule has 23 heavy (non-hydrogen) atoms. The number of rotatable bonds is 3. The van der Waals surface area contributed by atoms with Gasteiger partial charge in [0.2, 0.25) is 5.91 Å². The van der Waals surface area contributed by atoms with Gasteiger partial charge in [-0.3, -0.25) is 9.59 Å². The highest BCUT2D eigenvalue weighted by Gasteiger charge is 2.23. The average molecular weight is 310 g/mol. The highest BCUT2D eigenvalue weighted by Crippen LogP contribution is 2.28. The van der Waals surface area contributed by atoms with E-state index in [4.69, 9.17) is 0 Å². The lowest BCUT2D eigenvalue weighted by Crippen LogP contribution is -2.24.